The summed E-state index contributed by atoms with van der Waals surface area (Å²) in [6.45, 7) is 5.00. The van der Waals surface area contributed by atoms with Crippen molar-refractivity contribution in [1.82, 2.24) is 9.80 Å². The topological polar surface area (TPSA) is 77.9 Å². The number of hydrogen-bond donors (Lipinski definition) is 1. The molecule has 0 atom stereocenters. The summed E-state index contributed by atoms with van der Waals surface area (Å²) < 4.78 is 0. The Bertz CT molecular complexity index is 472. The van der Waals surface area contributed by atoms with Crippen LogP contribution in [0.1, 0.15) is 26.7 Å². The smallest absolute Gasteiger partial charge is 0.331 e. The largest absolute Gasteiger partial charge is 0.478 e. The average molecular weight is 280 g/mol. The molecule has 1 saturated heterocycles. The van der Waals surface area contributed by atoms with Crippen molar-refractivity contribution in [3.8, 4) is 0 Å². The lowest BCUT2D eigenvalue weighted by molar-refractivity contribution is -0.138. The van der Waals surface area contributed by atoms with Crippen molar-refractivity contribution in [3.05, 3.63) is 11.1 Å². The highest BCUT2D eigenvalue weighted by Gasteiger charge is 2.35. The first-order valence-electron chi connectivity index (χ1n) is 6.90. The average Bonchev–Trinajstić information content (AvgIpc) is 3.28. The van der Waals surface area contributed by atoms with Crippen LogP contribution in [0.3, 0.4) is 0 Å². The fraction of sp³-hybridized carbons (Fsp3) is 0.643. The molecule has 0 radical (unpaired) electrons. The number of nitrogens with zero attached hydrogens (tertiary/aromatic N) is 2. The van der Waals surface area contributed by atoms with E-state index in [1.165, 1.54) is 13.8 Å². The van der Waals surface area contributed by atoms with Gasteiger partial charge in [-0.15, -0.1) is 0 Å². The number of rotatable bonds is 3. The van der Waals surface area contributed by atoms with Gasteiger partial charge in [0.1, 0.15) is 0 Å². The van der Waals surface area contributed by atoms with Gasteiger partial charge in [-0.3, -0.25) is 9.59 Å². The van der Waals surface area contributed by atoms with E-state index in [1.54, 1.807) is 4.90 Å². The van der Waals surface area contributed by atoms with Crippen molar-refractivity contribution in [3.63, 3.8) is 0 Å². The second-order valence-electron chi connectivity index (χ2n) is 5.45. The zero-order chi connectivity index (χ0) is 14.9. The number of carboxylic acids is 1. The molecule has 2 fully saturated rings. The van der Waals surface area contributed by atoms with Crippen LogP contribution in [0.5, 0.6) is 0 Å². The van der Waals surface area contributed by atoms with Crippen molar-refractivity contribution in [1.29, 1.82) is 0 Å². The molecule has 0 aromatic carbocycles. The van der Waals surface area contributed by atoms with Crippen LogP contribution in [-0.2, 0) is 14.4 Å². The van der Waals surface area contributed by atoms with Gasteiger partial charge >= 0.3 is 5.97 Å². The SMILES string of the molecule is CC(C(=O)O)=C(C)C(=O)N1CCN(C(=O)C2CC2)CC1. The molecule has 1 aliphatic carbocycles. The first kappa shape index (κ1) is 14.6. The van der Waals surface area contributed by atoms with Crippen molar-refractivity contribution >= 4 is 17.8 Å². The molecule has 1 heterocycles. The fourth-order valence-electron chi connectivity index (χ4n) is 2.28. The van der Waals surface area contributed by atoms with E-state index in [-0.39, 0.29) is 28.9 Å². The number of carbonyl (C=O) groups is 3. The zero-order valence-corrected chi connectivity index (χ0v) is 11.9. The molecule has 1 aliphatic heterocycles. The molecule has 20 heavy (non-hydrogen) atoms. The molecule has 1 saturated carbocycles. The number of amides is 2. The van der Waals surface area contributed by atoms with Gasteiger partial charge in [0.15, 0.2) is 0 Å². The highest BCUT2D eigenvalue weighted by atomic mass is 16.4. The van der Waals surface area contributed by atoms with E-state index in [4.69, 9.17) is 5.11 Å². The van der Waals surface area contributed by atoms with E-state index in [1.807, 2.05) is 4.90 Å². The number of hydrogen-bond acceptors (Lipinski definition) is 3. The van der Waals surface area contributed by atoms with Crippen LogP contribution in [0.4, 0.5) is 0 Å². The van der Waals surface area contributed by atoms with Crippen LogP contribution in [0, 0.1) is 5.92 Å². The van der Waals surface area contributed by atoms with Crippen molar-refractivity contribution in [2.75, 3.05) is 26.2 Å². The summed E-state index contributed by atoms with van der Waals surface area (Å²) in [6.07, 6.45) is 1.97. The first-order valence-corrected chi connectivity index (χ1v) is 6.90. The second-order valence-corrected chi connectivity index (χ2v) is 5.45. The summed E-state index contributed by atoms with van der Waals surface area (Å²) in [4.78, 5) is 38.4. The van der Waals surface area contributed by atoms with Gasteiger partial charge < -0.3 is 14.9 Å². The maximum absolute atomic E-state index is 12.2. The molecule has 0 aromatic heterocycles. The normalized spacial score (nSPS) is 20.5. The lowest BCUT2D eigenvalue weighted by Gasteiger charge is -2.35. The summed E-state index contributed by atoms with van der Waals surface area (Å²) >= 11 is 0. The third-order valence-electron chi connectivity index (χ3n) is 4.01. The van der Waals surface area contributed by atoms with Gasteiger partial charge in [0.05, 0.1) is 0 Å². The van der Waals surface area contributed by atoms with Gasteiger partial charge in [-0.1, -0.05) is 0 Å². The summed E-state index contributed by atoms with van der Waals surface area (Å²) in [5.41, 5.74) is 0.339. The Morgan fingerprint density at radius 1 is 0.900 bits per heavy atom. The van der Waals surface area contributed by atoms with Crippen LogP contribution in [-0.4, -0.2) is 58.9 Å². The third-order valence-corrected chi connectivity index (χ3v) is 4.01. The Balaban J connectivity index is 1.93. The molecule has 0 spiro atoms. The predicted molar refractivity (Wildman–Crippen MR) is 71.9 cm³/mol. The Morgan fingerprint density at radius 2 is 1.40 bits per heavy atom. The standard InChI is InChI=1S/C14H20N2O4/c1-9(10(2)14(19)20)12(17)15-5-7-16(8-6-15)13(18)11-3-4-11/h11H,3-8H2,1-2H3,(H,19,20). The lowest BCUT2D eigenvalue weighted by Crippen LogP contribution is -2.51. The quantitative estimate of drug-likeness (QED) is 0.763. The highest BCUT2D eigenvalue weighted by molar-refractivity contribution is 6.01. The minimum Gasteiger partial charge on any atom is -0.478 e. The summed E-state index contributed by atoms with van der Waals surface area (Å²) in [6, 6.07) is 0. The van der Waals surface area contributed by atoms with E-state index < -0.39 is 5.97 Å². The third kappa shape index (κ3) is 3.00. The molecule has 2 amide bonds. The lowest BCUT2D eigenvalue weighted by atomic mass is 10.1. The predicted octanol–water partition coefficient (Wildman–Crippen LogP) is 0.488. The molecule has 0 aromatic rings. The Morgan fingerprint density at radius 3 is 1.85 bits per heavy atom. The van der Waals surface area contributed by atoms with Gasteiger partial charge in [-0.25, -0.2) is 4.79 Å². The number of piperazine rings is 1. The van der Waals surface area contributed by atoms with Crippen molar-refractivity contribution in [2.24, 2.45) is 5.92 Å². The fourth-order valence-corrected chi connectivity index (χ4v) is 2.28. The minimum atomic E-state index is -1.07. The molecular formula is C14H20N2O4. The first-order chi connectivity index (χ1) is 9.41. The van der Waals surface area contributed by atoms with Crippen LogP contribution < -0.4 is 0 Å². The van der Waals surface area contributed by atoms with Gasteiger partial charge in [0, 0.05) is 43.2 Å². The van der Waals surface area contributed by atoms with Gasteiger partial charge in [0.2, 0.25) is 11.8 Å². The van der Waals surface area contributed by atoms with E-state index in [0.29, 0.717) is 26.2 Å². The molecule has 0 unspecified atom stereocenters. The van der Waals surface area contributed by atoms with E-state index in [2.05, 4.69) is 0 Å². The number of carbonyl (C=O) groups excluding carboxylic acids is 2. The van der Waals surface area contributed by atoms with E-state index >= 15 is 0 Å². The summed E-state index contributed by atoms with van der Waals surface area (Å²) in [7, 11) is 0. The Kier molecular flexibility index (Phi) is 4.11. The summed E-state index contributed by atoms with van der Waals surface area (Å²) in [5.74, 6) is -0.916. The van der Waals surface area contributed by atoms with Crippen LogP contribution in [0.15, 0.2) is 11.1 Å². The molecule has 2 aliphatic rings. The van der Waals surface area contributed by atoms with E-state index in [9.17, 15) is 14.4 Å². The van der Waals surface area contributed by atoms with Crippen molar-refractivity contribution < 1.29 is 19.5 Å². The number of carboxylic acid groups (broad SMARTS) is 1. The van der Waals surface area contributed by atoms with Gasteiger partial charge in [-0.05, 0) is 26.7 Å². The minimum absolute atomic E-state index is 0.0755. The van der Waals surface area contributed by atoms with Crippen LogP contribution in [0.25, 0.3) is 0 Å². The molecule has 2 rings (SSSR count). The van der Waals surface area contributed by atoms with Gasteiger partial charge in [0.25, 0.3) is 0 Å². The van der Waals surface area contributed by atoms with Crippen molar-refractivity contribution in [2.45, 2.75) is 26.7 Å². The van der Waals surface area contributed by atoms with Crippen LogP contribution in [0.2, 0.25) is 0 Å². The zero-order valence-electron chi connectivity index (χ0n) is 11.9. The highest BCUT2D eigenvalue weighted by Crippen LogP contribution is 2.31. The molecule has 0 bridgehead atoms. The summed E-state index contributed by atoms with van der Waals surface area (Å²) in [5, 5.41) is 8.90. The second kappa shape index (κ2) is 5.64. The molecular weight excluding hydrogens is 260 g/mol. The monoisotopic (exact) mass is 280 g/mol. The molecule has 6 heteroatoms. The van der Waals surface area contributed by atoms with Crippen LogP contribution >= 0.6 is 0 Å². The van der Waals surface area contributed by atoms with E-state index in [0.717, 1.165) is 12.8 Å². The maximum Gasteiger partial charge on any atom is 0.331 e. The molecule has 110 valence electrons. The Hall–Kier alpha value is -1.85. The Labute approximate surface area is 118 Å². The van der Waals surface area contributed by atoms with Gasteiger partial charge in [-0.2, -0.15) is 0 Å². The maximum atomic E-state index is 12.2. The molecule has 1 N–H and O–H groups in total. The molecule has 6 nitrogen and oxygen atoms in total. The number of aliphatic carboxylic acids is 1.